The normalized spacial score (nSPS) is 21.6. The number of benzene rings is 1. The quantitative estimate of drug-likeness (QED) is 0.837. The molecule has 0 aliphatic heterocycles. The molecule has 1 aliphatic rings. The molecule has 0 heterocycles. The van der Waals surface area contributed by atoms with Crippen molar-refractivity contribution >= 4 is 5.69 Å². The lowest BCUT2D eigenvalue weighted by atomic mass is 9.73. The molecule has 21 heavy (non-hydrogen) atoms. The second-order valence-electron chi connectivity index (χ2n) is 6.30. The predicted octanol–water partition coefficient (Wildman–Crippen LogP) is 4.96. The number of hydrogen-bond donors (Lipinski definition) is 1. The van der Waals surface area contributed by atoms with Crippen molar-refractivity contribution in [3.8, 4) is 6.07 Å². The summed E-state index contributed by atoms with van der Waals surface area (Å²) in [6, 6.07) is 5.59. The van der Waals surface area contributed by atoms with Crippen LogP contribution in [0, 0.1) is 16.7 Å². The average Bonchev–Trinajstić information content (AvgIpc) is 2.40. The lowest BCUT2D eigenvalue weighted by Crippen LogP contribution is -2.38. The summed E-state index contributed by atoms with van der Waals surface area (Å²) in [5, 5.41) is 12.0. The van der Waals surface area contributed by atoms with E-state index in [9.17, 15) is 13.2 Å². The predicted molar refractivity (Wildman–Crippen MR) is 75.8 cm³/mol. The number of hydrogen-bond acceptors (Lipinski definition) is 2. The van der Waals surface area contributed by atoms with Gasteiger partial charge in [0.2, 0.25) is 0 Å². The Balaban J connectivity index is 2.27. The van der Waals surface area contributed by atoms with Crippen LogP contribution in [0.2, 0.25) is 0 Å². The molecule has 1 atom stereocenters. The fraction of sp³-hybridized carbons (Fsp3) is 0.562. The van der Waals surface area contributed by atoms with E-state index in [-0.39, 0.29) is 17.0 Å². The number of anilines is 1. The summed E-state index contributed by atoms with van der Waals surface area (Å²) in [6.07, 6.45) is -0.248. The average molecular weight is 296 g/mol. The molecule has 1 N–H and O–H groups in total. The van der Waals surface area contributed by atoms with Gasteiger partial charge in [-0.1, -0.05) is 26.7 Å². The van der Waals surface area contributed by atoms with E-state index in [1.807, 2.05) is 0 Å². The minimum atomic E-state index is -4.51. The molecule has 0 saturated heterocycles. The molecule has 1 aromatic carbocycles. The fourth-order valence-corrected chi connectivity index (χ4v) is 2.93. The van der Waals surface area contributed by atoms with Crippen LogP contribution in [0.25, 0.3) is 0 Å². The smallest absolute Gasteiger partial charge is 0.382 e. The van der Waals surface area contributed by atoms with E-state index >= 15 is 0 Å². The van der Waals surface area contributed by atoms with Crippen molar-refractivity contribution in [3.63, 3.8) is 0 Å². The molecule has 5 heteroatoms. The van der Waals surface area contributed by atoms with E-state index in [0.29, 0.717) is 5.69 Å². The molecule has 1 unspecified atom stereocenters. The molecule has 1 fully saturated rings. The fourth-order valence-electron chi connectivity index (χ4n) is 2.93. The number of halogens is 3. The first-order chi connectivity index (χ1) is 9.74. The molecule has 0 aromatic heterocycles. The third-order valence-electron chi connectivity index (χ3n) is 4.29. The van der Waals surface area contributed by atoms with Crippen molar-refractivity contribution in [2.75, 3.05) is 5.32 Å². The van der Waals surface area contributed by atoms with E-state index < -0.39 is 11.7 Å². The van der Waals surface area contributed by atoms with Crippen molar-refractivity contribution in [1.29, 1.82) is 5.26 Å². The van der Waals surface area contributed by atoms with Gasteiger partial charge in [0.1, 0.15) is 0 Å². The van der Waals surface area contributed by atoms with Crippen LogP contribution in [0.3, 0.4) is 0 Å². The maximum Gasteiger partial charge on any atom is 0.417 e. The Hall–Kier alpha value is -1.70. The first-order valence-corrected chi connectivity index (χ1v) is 7.12. The Morgan fingerprint density at radius 1 is 1.29 bits per heavy atom. The van der Waals surface area contributed by atoms with E-state index in [4.69, 9.17) is 5.26 Å². The summed E-state index contributed by atoms with van der Waals surface area (Å²) in [5.41, 5.74) is -0.717. The summed E-state index contributed by atoms with van der Waals surface area (Å²) in [5.74, 6) is 0. The first-order valence-electron chi connectivity index (χ1n) is 7.12. The molecule has 2 nitrogen and oxygen atoms in total. The van der Waals surface area contributed by atoms with Gasteiger partial charge in [0.15, 0.2) is 0 Å². The molecule has 114 valence electrons. The maximum absolute atomic E-state index is 13.0. The Bertz CT molecular complexity index is 556. The number of alkyl halides is 3. The second kappa shape index (κ2) is 5.59. The van der Waals surface area contributed by atoms with Gasteiger partial charge < -0.3 is 5.32 Å². The van der Waals surface area contributed by atoms with Gasteiger partial charge >= 0.3 is 6.18 Å². The minimum Gasteiger partial charge on any atom is -0.382 e. The highest BCUT2D eigenvalue weighted by molar-refractivity contribution is 5.53. The zero-order chi connectivity index (χ0) is 15.7. The Morgan fingerprint density at radius 2 is 2.00 bits per heavy atom. The van der Waals surface area contributed by atoms with Crippen LogP contribution in [-0.2, 0) is 6.18 Å². The minimum absolute atomic E-state index is 0.0601. The van der Waals surface area contributed by atoms with Gasteiger partial charge in [0.25, 0.3) is 0 Å². The van der Waals surface area contributed by atoms with Crippen LogP contribution < -0.4 is 5.32 Å². The van der Waals surface area contributed by atoms with Gasteiger partial charge in [-0.3, -0.25) is 0 Å². The second-order valence-corrected chi connectivity index (χ2v) is 6.30. The van der Waals surface area contributed by atoms with Crippen molar-refractivity contribution in [1.82, 2.24) is 0 Å². The van der Waals surface area contributed by atoms with Crippen LogP contribution in [0.15, 0.2) is 18.2 Å². The van der Waals surface area contributed by atoms with Gasteiger partial charge in [-0.05, 0) is 36.5 Å². The zero-order valence-electron chi connectivity index (χ0n) is 12.2. The summed E-state index contributed by atoms with van der Waals surface area (Å²) in [7, 11) is 0. The third kappa shape index (κ3) is 3.49. The summed E-state index contributed by atoms with van der Waals surface area (Å²) in [4.78, 5) is 0. The number of nitrogens with zero attached hydrogens (tertiary/aromatic N) is 1. The lowest BCUT2D eigenvalue weighted by Gasteiger charge is -2.39. The highest BCUT2D eigenvalue weighted by atomic mass is 19.4. The van der Waals surface area contributed by atoms with E-state index in [1.165, 1.54) is 6.07 Å². The summed E-state index contributed by atoms with van der Waals surface area (Å²) in [6.45, 7) is 4.27. The molecule has 2 rings (SSSR count). The maximum atomic E-state index is 13.0. The number of nitriles is 1. The molecule has 1 aromatic rings. The van der Waals surface area contributed by atoms with Gasteiger partial charge in [-0.2, -0.15) is 18.4 Å². The SMILES string of the molecule is CC1(C)CCCCC1Nc1ccc(C#N)c(C(F)(F)F)c1. The number of rotatable bonds is 2. The van der Waals surface area contributed by atoms with E-state index in [2.05, 4.69) is 19.2 Å². The summed E-state index contributed by atoms with van der Waals surface area (Å²) >= 11 is 0. The van der Waals surface area contributed by atoms with Crippen molar-refractivity contribution in [2.45, 2.75) is 51.7 Å². The highest BCUT2D eigenvalue weighted by Crippen LogP contribution is 2.38. The van der Waals surface area contributed by atoms with Gasteiger partial charge in [-0.25, -0.2) is 0 Å². The molecular formula is C16H19F3N2. The molecular weight excluding hydrogens is 277 g/mol. The molecule has 0 bridgehead atoms. The Kier molecular flexibility index (Phi) is 4.18. The van der Waals surface area contributed by atoms with Crippen molar-refractivity contribution < 1.29 is 13.2 Å². The first kappa shape index (κ1) is 15.7. The van der Waals surface area contributed by atoms with Crippen molar-refractivity contribution in [3.05, 3.63) is 29.3 Å². The van der Waals surface area contributed by atoms with Gasteiger partial charge in [-0.15, -0.1) is 0 Å². The largest absolute Gasteiger partial charge is 0.417 e. The summed E-state index contributed by atoms with van der Waals surface area (Å²) < 4.78 is 38.9. The van der Waals surface area contributed by atoms with E-state index in [0.717, 1.165) is 31.7 Å². The van der Waals surface area contributed by atoms with Crippen LogP contribution in [-0.4, -0.2) is 6.04 Å². The monoisotopic (exact) mass is 296 g/mol. The lowest BCUT2D eigenvalue weighted by molar-refractivity contribution is -0.137. The standard InChI is InChI=1S/C16H19F3N2/c1-15(2)8-4-3-5-14(15)21-12-7-6-11(10-20)13(9-12)16(17,18)19/h6-7,9,14,21H,3-5,8H2,1-2H3. The van der Waals surface area contributed by atoms with E-state index in [1.54, 1.807) is 12.1 Å². The van der Waals surface area contributed by atoms with Crippen LogP contribution >= 0.6 is 0 Å². The topological polar surface area (TPSA) is 35.8 Å². The zero-order valence-corrected chi connectivity index (χ0v) is 12.2. The third-order valence-corrected chi connectivity index (χ3v) is 4.29. The van der Waals surface area contributed by atoms with Gasteiger partial charge in [0.05, 0.1) is 17.2 Å². The number of nitrogens with one attached hydrogen (secondary N) is 1. The Labute approximate surface area is 123 Å². The highest BCUT2D eigenvalue weighted by Gasteiger charge is 2.35. The molecule has 1 aliphatic carbocycles. The molecule has 0 amide bonds. The molecule has 0 spiro atoms. The van der Waals surface area contributed by atoms with Crippen molar-refractivity contribution in [2.24, 2.45) is 5.41 Å². The van der Waals surface area contributed by atoms with Gasteiger partial charge in [0, 0.05) is 11.7 Å². The van der Waals surface area contributed by atoms with Crippen LogP contribution in [0.4, 0.5) is 18.9 Å². The molecule has 0 radical (unpaired) electrons. The molecule has 1 saturated carbocycles. The Morgan fingerprint density at radius 3 is 2.57 bits per heavy atom. The van der Waals surface area contributed by atoms with Crippen LogP contribution in [0.5, 0.6) is 0 Å². The van der Waals surface area contributed by atoms with Crippen LogP contribution in [0.1, 0.15) is 50.7 Å².